The van der Waals surface area contributed by atoms with Crippen molar-refractivity contribution in [1.29, 1.82) is 0 Å². The van der Waals surface area contributed by atoms with Gasteiger partial charge in [-0.3, -0.25) is 9.80 Å². The lowest BCUT2D eigenvalue weighted by molar-refractivity contribution is -0.161. The van der Waals surface area contributed by atoms with Gasteiger partial charge in [0, 0.05) is 30.3 Å². The minimum atomic E-state index is -4.08. The Morgan fingerprint density at radius 2 is 1.90 bits per heavy atom. The molecule has 0 radical (unpaired) electrons. The highest BCUT2D eigenvalue weighted by Gasteiger charge is 2.53. The summed E-state index contributed by atoms with van der Waals surface area (Å²) in [6.07, 6.45) is 11.9. The molecule has 2 N–H and O–H groups in total. The maximum atomic E-state index is 14.2. The number of hydrogen-bond acceptors (Lipinski definition) is 8. The molecule has 3 aliphatic heterocycles. The molecule has 228 valence electrons. The van der Waals surface area contributed by atoms with E-state index in [2.05, 4.69) is 28.9 Å². The number of nitrogens with one attached hydrogen (secondary N) is 2. The number of amides is 1. The summed E-state index contributed by atoms with van der Waals surface area (Å²) in [5.41, 5.74) is 1.89. The molecule has 42 heavy (non-hydrogen) atoms. The molecule has 2 unspecified atom stereocenters. The van der Waals surface area contributed by atoms with Crippen LogP contribution in [0.3, 0.4) is 0 Å². The number of aliphatic imine (C=N–C) groups is 1. The third-order valence-corrected chi connectivity index (χ3v) is 10.2. The molecular weight excluding hydrogens is 564 g/mol. The average molecular weight is 604 g/mol. The third kappa shape index (κ3) is 6.16. The van der Waals surface area contributed by atoms with E-state index in [1.807, 2.05) is 0 Å². The Balaban J connectivity index is 1.31. The van der Waals surface area contributed by atoms with Crippen LogP contribution in [0.25, 0.3) is 0 Å². The number of likely N-dealkylation sites (tertiary alicyclic amines) is 1. The molecule has 1 aromatic rings. The van der Waals surface area contributed by atoms with Crippen molar-refractivity contribution in [2.24, 2.45) is 16.3 Å². The summed E-state index contributed by atoms with van der Waals surface area (Å²) in [7, 11) is -4.08. The van der Waals surface area contributed by atoms with E-state index < -0.39 is 39.4 Å². The van der Waals surface area contributed by atoms with Crippen LogP contribution in [0, 0.1) is 11.3 Å². The van der Waals surface area contributed by atoms with Gasteiger partial charge in [-0.25, -0.2) is 26.9 Å². The summed E-state index contributed by atoms with van der Waals surface area (Å²) in [4.78, 5) is 20.5. The maximum absolute atomic E-state index is 14.2. The van der Waals surface area contributed by atoms with Gasteiger partial charge < -0.3 is 9.64 Å². The third-order valence-electron chi connectivity index (χ3n) is 8.85. The molecule has 1 saturated heterocycles. The van der Waals surface area contributed by atoms with E-state index in [-0.39, 0.29) is 23.5 Å². The minimum absolute atomic E-state index is 0.00177. The SMILES string of the molecule is CC1(C)CCCN1C1=NC(N2C=CC(OCCC3(C(C)(F)F)CCC3)N2)=CC=CC1C(=O)NS(=O)(=O)c1ccccc1. The topological polar surface area (TPSA) is 103 Å². The average Bonchev–Trinajstić information content (AvgIpc) is 3.44. The number of ether oxygens (including phenoxy) is 1. The van der Waals surface area contributed by atoms with Gasteiger partial charge >= 0.3 is 0 Å². The number of halogens is 2. The zero-order chi connectivity index (χ0) is 30.2. The number of sulfonamides is 1. The molecule has 1 amide bonds. The summed E-state index contributed by atoms with van der Waals surface area (Å²) in [6.45, 7) is 5.99. The molecule has 0 spiro atoms. The van der Waals surface area contributed by atoms with Crippen molar-refractivity contribution in [2.75, 3.05) is 13.2 Å². The van der Waals surface area contributed by atoms with Gasteiger partial charge in [0.15, 0.2) is 0 Å². The number of amidine groups is 1. The largest absolute Gasteiger partial charge is 0.358 e. The molecule has 2 fully saturated rings. The van der Waals surface area contributed by atoms with Gasteiger partial charge in [-0.05, 0) is 77.2 Å². The van der Waals surface area contributed by atoms with E-state index in [0.717, 1.165) is 26.2 Å². The Hall–Kier alpha value is -3.09. The Morgan fingerprint density at radius 1 is 1.17 bits per heavy atom. The van der Waals surface area contributed by atoms with Crippen molar-refractivity contribution in [3.05, 3.63) is 66.7 Å². The minimum Gasteiger partial charge on any atom is -0.358 e. The summed E-state index contributed by atoms with van der Waals surface area (Å²) in [6, 6.07) is 7.75. The second-order valence-corrected chi connectivity index (χ2v) is 13.8. The molecule has 1 saturated carbocycles. The first-order valence-electron chi connectivity index (χ1n) is 14.4. The Bertz CT molecular complexity index is 1400. The summed E-state index contributed by atoms with van der Waals surface area (Å²) in [5, 5.41) is 1.66. The van der Waals surface area contributed by atoms with Crippen LogP contribution in [0.4, 0.5) is 8.78 Å². The molecule has 0 bridgehead atoms. The van der Waals surface area contributed by atoms with E-state index in [1.165, 1.54) is 12.1 Å². The first-order valence-corrected chi connectivity index (χ1v) is 15.9. The Morgan fingerprint density at radius 3 is 2.52 bits per heavy atom. The Kier molecular flexibility index (Phi) is 8.34. The summed E-state index contributed by atoms with van der Waals surface area (Å²) < 4.78 is 62.4. The number of hydrazine groups is 1. The van der Waals surface area contributed by atoms with Crippen molar-refractivity contribution >= 4 is 21.8 Å². The van der Waals surface area contributed by atoms with Crippen LogP contribution in [0.5, 0.6) is 0 Å². The van der Waals surface area contributed by atoms with Gasteiger partial charge in [0.05, 0.1) is 4.90 Å². The second-order valence-electron chi connectivity index (χ2n) is 12.1. The lowest BCUT2D eigenvalue weighted by Gasteiger charge is -2.46. The quantitative estimate of drug-likeness (QED) is 0.423. The fourth-order valence-electron chi connectivity index (χ4n) is 6.03. The highest BCUT2D eigenvalue weighted by atomic mass is 32.2. The Labute approximate surface area is 246 Å². The van der Waals surface area contributed by atoms with E-state index in [0.29, 0.717) is 31.0 Å². The number of benzene rings is 1. The molecule has 9 nitrogen and oxygen atoms in total. The van der Waals surface area contributed by atoms with Gasteiger partial charge in [0.2, 0.25) is 5.91 Å². The monoisotopic (exact) mass is 603 g/mol. The highest BCUT2D eigenvalue weighted by Crippen LogP contribution is 2.54. The van der Waals surface area contributed by atoms with Gasteiger partial charge in [0.25, 0.3) is 15.9 Å². The van der Waals surface area contributed by atoms with Crippen molar-refractivity contribution in [2.45, 2.75) is 81.9 Å². The van der Waals surface area contributed by atoms with Crippen LogP contribution in [0.15, 0.2) is 76.5 Å². The van der Waals surface area contributed by atoms with Crippen LogP contribution in [0.1, 0.15) is 59.3 Å². The molecule has 3 heterocycles. The molecule has 5 rings (SSSR count). The fourth-order valence-corrected chi connectivity index (χ4v) is 7.06. The van der Waals surface area contributed by atoms with Crippen LogP contribution in [-0.2, 0) is 19.6 Å². The first-order chi connectivity index (χ1) is 19.8. The van der Waals surface area contributed by atoms with E-state index in [4.69, 9.17) is 9.73 Å². The molecule has 0 aromatic heterocycles. The van der Waals surface area contributed by atoms with Gasteiger partial charge in [-0.1, -0.05) is 36.8 Å². The lowest BCUT2D eigenvalue weighted by atomic mass is 9.63. The second kappa shape index (κ2) is 11.5. The number of nitrogens with zero attached hydrogens (tertiary/aromatic N) is 3. The fraction of sp³-hybridized carbons (Fsp3) is 0.533. The normalized spacial score (nSPS) is 25.1. The lowest BCUT2D eigenvalue weighted by Crippen LogP contribution is -2.50. The van der Waals surface area contributed by atoms with Crippen molar-refractivity contribution < 1.29 is 26.7 Å². The van der Waals surface area contributed by atoms with Crippen LogP contribution in [0.2, 0.25) is 0 Å². The zero-order valence-corrected chi connectivity index (χ0v) is 25.0. The first kappa shape index (κ1) is 30.4. The molecule has 2 atom stereocenters. The highest BCUT2D eigenvalue weighted by molar-refractivity contribution is 7.90. The number of allylic oxidation sites excluding steroid dienone is 2. The predicted molar refractivity (Wildman–Crippen MR) is 155 cm³/mol. The standard InChI is InChI=1S/C30H39F2N5O4S/c1-28(2)15-9-19-36(28)26-23(27(38)35-42(39,40)22-10-5-4-6-11-22)12-7-13-24(33-26)37-20-14-25(34-37)41-21-18-30(16-8-17-30)29(3,31)32/h4-7,10-14,20,23,25,34H,8-9,15-19,21H2,1-3H3,(H,35,38). The van der Waals surface area contributed by atoms with E-state index in [9.17, 15) is 22.0 Å². The van der Waals surface area contributed by atoms with E-state index in [1.54, 1.807) is 53.7 Å². The molecular formula is C30H39F2N5O4S. The van der Waals surface area contributed by atoms with Gasteiger partial charge in [-0.2, -0.15) is 5.43 Å². The number of hydrogen-bond donors (Lipinski definition) is 2. The number of carbonyl (C=O) groups is 1. The van der Waals surface area contributed by atoms with Crippen molar-refractivity contribution in [1.82, 2.24) is 20.1 Å². The van der Waals surface area contributed by atoms with E-state index >= 15 is 0 Å². The number of rotatable bonds is 9. The smallest absolute Gasteiger partial charge is 0.264 e. The summed E-state index contributed by atoms with van der Waals surface area (Å²) >= 11 is 0. The zero-order valence-electron chi connectivity index (χ0n) is 24.2. The van der Waals surface area contributed by atoms with Crippen molar-refractivity contribution in [3.8, 4) is 0 Å². The van der Waals surface area contributed by atoms with Gasteiger partial charge in [0.1, 0.15) is 23.8 Å². The maximum Gasteiger partial charge on any atom is 0.264 e. The summed E-state index contributed by atoms with van der Waals surface area (Å²) in [5.74, 6) is -3.48. The number of alkyl halides is 2. The van der Waals surface area contributed by atoms with Crippen molar-refractivity contribution in [3.63, 3.8) is 0 Å². The molecule has 4 aliphatic rings. The molecule has 12 heteroatoms. The van der Waals surface area contributed by atoms with Crippen LogP contribution in [-0.4, -0.2) is 60.9 Å². The predicted octanol–water partition coefficient (Wildman–Crippen LogP) is 4.68. The van der Waals surface area contributed by atoms with Gasteiger partial charge in [-0.15, -0.1) is 0 Å². The molecule has 1 aliphatic carbocycles. The van der Waals surface area contributed by atoms with Crippen LogP contribution < -0.4 is 10.1 Å². The number of carbonyl (C=O) groups excluding carboxylic acids is 1. The van der Waals surface area contributed by atoms with Crippen LogP contribution >= 0.6 is 0 Å². The molecule has 1 aromatic carbocycles.